The van der Waals surface area contributed by atoms with E-state index in [2.05, 4.69) is 5.32 Å². The molecule has 1 amide bonds. The molecule has 0 aromatic heterocycles. The van der Waals surface area contributed by atoms with Gasteiger partial charge in [-0.1, -0.05) is 35.3 Å². The topological polar surface area (TPSA) is 52.0 Å². The van der Waals surface area contributed by atoms with Gasteiger partial charge in [0.05, 0.1) is 22.8 Å². The maximum absolute atomic E-state index is 12.2. The molecule has 1 aliphatic heterocycles. The summed E-state index contributed by atoms with van der Waals surface area (Å²) in [6.07, 6.45) is 0. The average Bonchev–Trinajstić information content (AvgIpc) is 2.57. The molecule has 25 heavy (non-hydrogen) atoms. The predicted molar refractivity (Wildman–Crippen MR) is 98.0 cm³/mol. The summed E-state index contributed by atoms with van der Waals surface area (Å²) in [5.74, 6) is 1.14. The van der Waals surface area contributed by atoms with Gasteiger partial charge in [0.25, 0.3) is 5.91 Å². The van der Waals surface area contributed by atoms with Crippen molar-refractivity contribution in [3.8, 4) is 11.5 Å². The molecule has 0 radical (unpaired) electrons. The highest BCUT2D eigenvalue weighted by molar-refractivity contribution is 6.33. The second-order valence-electron chi connectivity index (χ2n) is 5.94. The van der Waals surface area contributed by atoms with E-state index in [1.165, 1.54) is 0 Å². The molecule has 1 aliphatic rings. The van der Waals surface area contributed by atoms with Crippen LogP contribution < -0.4 is 19.7 Å². The van der Waals surface area contributed by atoms with E-state index in [0.29, 0.717) is 53.5 Å². The van der Waals surface area contributed by atoms with Gasteiger partial charge in [-0.05, 0) is 24.3 Å². The van der Waals surface area contributed by atoms with Gasteiger partial charge in [0.15, 0.2) is 18.0 Å². The molecule has 0 aliphatic carbocycles. The van der Waals surface area contributed by atoms with Gasteiger partial charge >= 0.3 is 0 Å². The minimum Gasteiger partial charge on any atom is -0.486 e. The number of nitrogens with one attached hydrogen (secondary N) is 2. The zero-order valence-electron chi connectivity index (χ0n) is 13.8. The van der Waals surface area contributed by atoms with Crippen LogP contribution in [0.3, 0.4) is 0 Å². The molecule has 132 valence electrons. The van der Waals surface area contributed by atoms with E-state index >= 15 is 0 Å². The number of quaternary nitrogens is 1. The van der Waals surface area contributed by atoms with Crippen LogP contribution in [0.5, 0.6) is 11.5 Å². The Morgan fingerprint density at radius 3 is 2.72 bits per heavy atom. The number of para-hydroxylation sites is 1. The number of likely N-dealkylation sites (N-methyl/N-ethyl adjacent to an activating group) is 1. The monoisotopic (exact) mass is 381 g/mol. The molecule has 1 heterocycles. The lowest BCUT2D eigenvalue weighted by atomic mass is 10.2. The third-order valence-electron chi connectivity index (χ3n) is 3.77. The Morgan fingerprint density at radius 2 is 1.92 bits per heavy atom. The number of anilines is 1. The van der Waals surface area contributed by atoms with Gasteiger partial charge in [-0.3, -0.25) is 4.79 Å². The van der Waals surface area contributed by atoms with Gasteiger partial charge < -0.3 is 19.7 Å². The van der Waals surface area contributed by atoms with Crippen molar-refractivity contribution in [3.63, 3.8) is 0 Å². The third-order valence-corrected chi connectivity index (χ3v) is 4.38. The van der Waals surface area contributed by atoms with Crippen LogP contribution in [0.15, 0.2) is 36.4 Å². The van der Waals surface area contributed by atoms with Gasteiger partial charge in [0.2, 0.25) is 0 Å². The summed E-state index contributed by atoms with van der Waals surface area (Å²) in [6.45, 7) is 1.94. The zero-order chi connectivity index (χ0) is 17.8. The zero-order valence-corrected chi connectivity index (χ0v) is 15.3. The molecule has 7 heteroatoms. The summed E-state index contributed by atoms with van der Waals surface area (Å²) in [7, 11) is 1.94. The number of rotatable bonds is 5. The maximum Gasteiger partial charge on any atom is 0.279 e. The largest absolute Gasteiger partial charge is 0.486 e. The smallest absolute Gasteiger partial charge is 0.279 e. The lowest BCUT2D eigenvalue weighted by Gasteiger charge is -2.21. The van der Waals surface area contributed by atoms with Gasteiger partial charge in [-0.2, -0.15) is 0 Å². The number of carbonyl (C=O) groups excluding carboxylic acids is 1. The Balaban J connectivity index is 1.61. The fraction of sp³-hybridized carbons (Fsp3) is 0.278. The molecule has 1 unspecified atom stereocenters. The highest BCUT2D eigenvalue weighted by atomic mass is 35.5. The molecular formula is C18H19Cl2N2O3+. The second kappa shape index (κ2) is 7.95. The average molecular weight is 382 g/mol. The van der Waals surface area contributed by atoms with E-state index < -0.39 is 0 Å². The predicted octanol–water partition coefficient (Wildman–Crippen LogP) is 2.42. The van der Waals surface area contributed by atoms with Crippen molar-refractivity contribution in [2.24, 2.45) is 0 Å². The first-order valence-corrected chi connectivity index (χ1v) is 8.72. The quantitative estimate of drug-likeness (QED) is 0.835. The van der Waals surface area contributed by atoms with Crippen molar-refractivity contribution in [1.29, 1.82) is 0 Å². The number of carbonyl (C=O) groups is 1. The number of halogens is 2. The van der Waals surface area contributed by atoms with Crippen LogP contribution in [0.4, 0.5) is 5.69 Å². The number of fused-ring (bicyclic) bond motifs is 1. The molecule has 0 fully saturated rings. The number of ether oxygens (including phenoxy) is 2. The molecule has 2 aromatic rings. The van der Waals surface area contributed by atoms with Gasteiger partial charge in [0, 0.05) is 5.56 Å². The van der Waals surface area contributed by atoms with E-state index in [1.807, 2.05) is 31.3 Å². The maximum atomic E-state index is 12.2. The highest BCUT2D eigenvalue weighted by Crippen LogP contribution is 2.38. The second-order valence-corrected chi connectivity index (χ2v) is 6.75. The molecule has 2 N–H and O–H groups in total. The van der Waals surface area contributed by atoms with Crippen LogP contribution in [-0.4, -0.2) is 32.7 Å². The van der Waals surface area contributed by atoms with Gasteiger partial charge in [0.1, 0.15) is 19.8 Å². The summed E-state index contributed by atoms with van der Waals surface area (Å²) < 4.78 is 11.1. The van der Waals surface area contributed by atoms with Crippen molar-refractivity contribution >= 4 is 34.8 Å². The Labute approximate surface area is 156 Å². The van der Waals surface area contributed by atoms with E-state index in [9.17, 15) is 4.79 Å². The fourth-order valence-corrected chi connectivity index (χ4v) is 3.18. The molecule has 0 saturated heterocycles. The summed E-state index contributed by atoms with van der Waals surface area (Å²) in [4.78, 5) is 13.2. The van der Waals surface area contributed by atoms with Crippen molar-refractivity contribution in [1.82, 2.24) is 0 Å². The van der Waals surface area contributed by atoms with Crippen LogP contribution in [-0.2, 0) is 11.3 Å². The molecule has 0 bridgehead atoms. The number of benzene rings is 2. The minimum atomic E-state index is -0.103. The van der Waals surface area contributed by atoms with Crippen LogP contribution in [0.25, 0.3) is 0 Å². The van der Waals surface area contributed by atoms with E-state index in [4.69, 9.17) is 32.7 Å². The molecular weight excluding hydrogens is 363 g/mol. The summed E-state index contributed by atoms with van der Waals surface area (Å²) >= 11 is 12.3. The Bertz CT molecular complexity index is 783. The molecule has 1 atom stereocenters. The van der Waals surface area contributed by atoms with Crippen LogP contribution >= 0.6 is 23.2 Å². The first kappa shape index (κ1) is 17.9. The number of amides is 1. The molecule has 0 spiro atoms. The Morgan fingerprint density at radius 1 is 1.16 bits per heavy atom. The van der Waals surface area contributed by atoms with Gasteiger partial charge in [-0.25, -0.2) is 0 Å². The van der Waals surface area contributed by atoms with E-state index in [-0.39, 0.29) is 5.91 Å². The Hall–Kier alpha value is -1.95. The number of hydrogen-bond donors (Lipinski definition) is 2. The molecule has 3 rings (SSSR count). The summed E-state index contributed by atoms with van der Waals surface area (Å²) in [5, 5.41) is 3.87. The standard InChI is InChI=1S/C18H18Cl2N2O3/c1-22(11-17(23)21-15-5-3-2-4-13(15)19)10-12-8-14(20)18-16(9-12)24-6-7-25-18/h2-5,8-9H,6-7,10-11H2,1H3,(H,21,23)/p+1. The van der Waals surface area contributed by atoms with Crippen LogP contribution in [0.1, 0.15) is 5.56 Å². The normalized spacial score (nSPS) is 14.0. The van der Waals surface area contributed by atoms with Crippen molar-refractivity contribution < 1.29 is 19.2 Å². The minimum absolute atomic E-state index is 0.103. The third kappa shape index (κ3) is 4.57. The van der Waals surface area contributed by atoms with Crippen molar-refractivity contribution in [2.75, 3.05) is 32.1 Å². The molecule has 0 saturated carbocycles. The first-order chi connectivity index (χ1) is 12.0. The lowest BCUT2D eigenvalue weighted by Crippen LogP contribution is -3.08. The van der Waals surface area contributed by atoms with Gasteiger partial charge in [-0.15, -0.1) is 0 Å². The lowest BCUT2D eigenvalue weighted by molar-refractivity contribution is -0.885. The summed E-state index contributed by atoms with van der Waals surface area (Å²) in [5.41, 5.74) is 1.60. The van der Waals surface area contributed by atoms with E-state index in [0.717, 1.165) is 10.5 Å². The summed E-state index contributed by atoms with van der Waals surface area (Å²) in [6, 6.07) is 10.9. The SMILES string of the molecule is C[NH+](CC(=O)Nc1ccccc1Cl)Cc1cc(Cl)c2c(c1)OCCO2. The first-order valence-electron chi connectivity index (χ1n) is 7.96. The number of hydrogen-bond acceptors (Lipinski definition) is 3. The molecule has 2 aromatic carbocycles. The van der Waals surface area contributed by atoms with E-state index in [1.54, 1.807) is 12.1 Å². The fourth-order valence-electron chi connectivity index (χ4n) is 2.71. The highest BCUT2D eigenvalue weighted by Gasteiger charge is 2.19. The Kier molecular flexibility index (Phi) is 5.68. The van der Waals surface area contributed by atoms with Crippen LogP contribution in [0.2, 0.25) is 10.0 Å². The van der Waals surface area contributed by atoms with Crippen molar-refractivity contribution in [2.45, 2.75) is 6.54 Å². The molecule has 5 nitrogen and oxygen atoms in total. The van der Waals surface area contributed by atoms with Crippen LogP contribution in [0, 0.1) is 0 Å². The van der Waals surface area contributed by atoms with Crippen molar-refractivity contribution in [3.05, 3.63) is 52.0 Å².